The Morgan fingerprint density at radius 3 is 2.41 bits per heavy atom. The van der Waals surface area contributed by atoms with Crippen LogP contribution in [0.2, 0.25) is 0 Å². The summed E-state index contributed by atoms with van der Waals surface area (Å²) in [7, 11) is 0. The summed E-state index contributed by atoms with van der Waals surface area (Å²) < 4.78 is 18.9. The minimum absolute atomic E-state index is 0.187. The van der Waals surface area contributed by atoms with E-state index in [1.807, 2.05) is 39.0 Å². The molecule has 0 aliphatic rings. The summed E-state index contributed by atoms with van der Waals surface area (Å²) >= 11 is 0. The Morgan fingerprint density at radius 1 is 1.10 bits per heavy atom. The zero-order valence-electron chi connectivity index (χ0n) is 17.4. The minimum atomic E-state index is -0.688. The van der Waals surface area contributed by atoms with Crippen LogP contribution < -0.4 is 10.1 Å². The molecule has 0 saturated heterocycles. The second-order valence-corrected chi connectivity index (χ2v) is 7.57. The van der Waals surface area contributed by atoms with Crippen molar-refractivity contribution in [1.29, 1.82) is 0 Å². The van der Waals surface area contributed by atoms with Gasteiger partial charge in [-0.15, -0.1) is 0 Å². The average Bonchev–Trinajstić information content (AvgIpc) is 2.69. The van der Waals surface area contributed by atoms with Crippen LogP contribution in [-0.2, 0) is 16.1 Å². The first kappa shape index (κ1) is 22.4. The van der Waals surface area contributed by atoms with Crippen LogP contribution in [0.1, 0.15) is 31.9 Å². The maximum Gasteiger partial charge on any atom is 0.261 e. The standard InChI is InChI=1S/C23H29FN2O3/c1-16(2)13-25-23(28)18(4)26(14-19-8-10-20(24)11-9-19)22(27)15-29-21-7-5-6-17(3)12-21/h5-12,16,18H,13-15H2,1-4H3,(H,25,28). The quantitative estimate of drug-likeness (QED) is 0.698. The lowest BCUT2D eigenvalue weighted by molar-refractivity contribution is -0.142. The molecular weight excluding hydrogens is 371 g/mol. The van der Waals surface area contributed by atoms with Crippen LogP contribution in [0.15, 0.2) is 48.5 Å². The molecule has 2 aromatic carbocycles. The summed E-state index contributed by atoms with van der Waals surface area (Å²) in [5.74, 6) is -0.000995. The van der Waals surface area contributed by atoms with Gasteiger partial charge in [-0.3, -0.25) is 9.59 Å². The predicted octanol–water partition coefficient (Wildman–Crippen LogP) is 3.70. The Bertz CT molecular complexity index is 821. The summed E-state index contributed by atoms with van der Waals surface area (Å²) in [6.45, 7) is 8.16. The van der Waals surface area contributed by atoms with Crippen molar-refractivity contribution in [3.05, 3.63) is 65.5 Å². The number of amides is 2. The van der Waals surface area contributed by atoms with Crippen LogP contribution in [-0.4, -0.2) is 35.9 Å². The highest BCUT2D eigenvalue weighted by Gasteiger charge is 2.26. The van der Waals surface area contributed by atoms with E-state index in [0.717, 1.165) is 11.1 Å². The molecule has 0 saturated carbocycles. The Balaban J connectivity index is 2.12. The first-order valence-electron chi connectivity index (χ1n) is 9.77. The molecule has 156 valence electrons. The zero-order chi connectivity index (χ0) is 21.4. The van der Waals surface area contributed by atoms with Gasteiger partial charge in [-0.05, 0) is 55.2 Å². The molecule has 0 aliphatic carbocycles. The number of rotatable bonds is 9. The molecule has 6 heteroatoms. The van der Waals surface area contributed by atoms with E-state index in [1.54, 1.807) is 25.1 Å². The predicted molar refractivity (Wildman–Crippen MR) is 111 cm³/mol. The van der Waals surface area contributed by atoms with E-state index in [0.29, 0.717) is 18.2 Å². The molecule has 0 spiro atoms. The van der Waals surface area contributed by atoms with Gasteiger partial charge in [0, 0.05) is 13.1 Å². The zero-order valence-corrected chi connectivity index (χ0v) is 17.4. The fourth-order valence-electron chi connectivity index (χ4n) is 2.75. The molecular formula is C23H29FN2O3. The van der Waals surface area contributed by atoms with E-state index in [-0.39, 0.29) is 30.8 Å². The van der Waals surface area contributed by atoms with Crippen molar-refractivity contribution in [3.8, 4) is 5.75 Å². The third-order valence-electron chi connectivity index (χ3n) is 4.47. The molecule has 0 aromatic heterocycles. The molecule has 2 amide bonds. The number of carbonyl (C=O) groups excluding carboxylic acids is 2. The summed E-state index contributed by atoms with van der Waals surface area (Å²) in [5.41, 5.74) is 1.76. The van der Waals surface area contributed by atoms with Crippen LogP contribution >= 0.6 is 0 Å². The molecule has 2 rings (SSSR count). The van der Waals surface area contributed by atoms with Gasteiger partial charge in [0.15, 0.2) is 6.61 Å². The smallest absolute Gasteiger partial charge is 0.261 e. The molecule has 0 aliphatic heterocycles. The number of hydrogen-bond acceptors (Lipinski definition) is 3. The molecule has 0 fully saturated rings. The van der Waals surface area contributed by atoms with E-state index in [1.165, 1.54) is 17.0 Å². The van der Waals surface area contributed by atoms with E-state index < -0.39 is 6.04 Å². The van der Waals surface area contributed by atoms with E-state index in [4.69, 9.17) is 4.74 Å². The maximum absolute atomic E-state index is 13.2. The van der Waals surface area contributed by atoms with Gasteiger partial charge < -0.3 is 15.0 Å². The fourth-order valence-corrected chi connectivity index (χ4v) is 2.75. The first-order chi connectivity index (χ1) is 13.8. The van der Waals surface area contributed by atoms with E-state index in [2.05, 4.69) is 5.32 Å². The van der Waals surface area contributed by atoms with E-state index in [9.17, 15) is 14.0 Å². The molecule has 1 atom stereocenters. The number of hydrogen-bond donors (Lipinski definition) is 1. The van der Waals surface area contributed by atoms with Gasteiger partial charge in [-0.1, -0.05) is 38.1 Å². The number of carbonyl (C=O) groups is 2. The number of nitrogens with zero attached hydrogens (tertiary/aromatic N) is 1. The Kier molecular flexibility index (Phi) is 8.19. The summed E-state index contributed by atoms with van der Waals surface area (Å²) in [6.07, 6.45) is 0. The fraction of sp³-hybridized carbons (Fsp3) is 0.391. The largest absolute Gasteiger partial charge is 0.484 e. The van der Waals surface area contributed by atoms with Crippen LogP contribution in [0.4, 0.5) is 4.39 Å². The van der Waals surface area contributed by atoms with Crippen molar-refractivity contribution >= 4 is 11.8 Å². The number of aryl methyl sites for hydroxylation is 1. The molecule has 2 aromatic rings. The van der Waals surface area contributed by atoms with Gasteiger partial charge in [-0.2, -0.15) is 0 Å². The minimum Gasteiger partial charge on any atom is -0.484 e. The summed E-state index contributed by atoms with van der Waals surface area (Å²) in [6, 6.07) is 12.6. The number of halogens is 1. The number of nitrogens with one attached hydrogen (secondary N) is 1. The highest BCUT2D eigenvalue weighted by atomic mass is 19.1. The lowest BCUT2D eigenvalue weighted by Gasteiger charge is -2.29. The normalized spacial score (nSPS) is 11.8. The molecule has 0 heterocycles. The molecule has 1 unspecified atom stereocenters. The van der Waals surface area contributed by atoms with Gasteiger partial charge in [0.2, 0.25) is 5.91 Å². The van der Waals surface area contributed by atoms with Crippen LogP contribution in [0.3, 0.4) is 0 Å². The van der Waals surface area contributed by atoms with Crippen LogP contribution in [0.5, 0.6) is 5.75 Å². The first-order valence-corrected chi connectivity index (χ1v) is 9.77. The third-order valence-corrected chi connectivity index (χ3v) is 4.47. The number of benzene rings is 2. The van der Waals surface area contributed by atoms with Crippen molar-refractivity contribution in [2.75, 3.05) is 13.2 Å². The molecule has 29 heavy (non-hydrogen) atoms. The summed E-state index contributed by atoms with van der Waals surface area (Å²) in [4.78, 5) is 26.9. The van der Waals surface area contributed by atoms with Crippen molar-refractivity contribution < 1.29 is 18.7 Å². The summed E-state index contributed by atoms with van der Waals surface area (Å²) in [5, 5.41) is 2.86. The lowest BCUT2D eigenvalue weighted by atomic mass is 10.1. The van der Waals surface area contributed by atoms with Gasteiger partial charge in [0.05, 0.1) is 0 Å². The highest BCUT2D eigenvalue weighted by Crippen LogP contribution is 2.14. The average molecular weight is 400 g/mol. The SMILES string of the molecule is Cc1cccc(OCC(=O)N(Cc2ccc(F)cc2)C(C)C(=O)NCC(C)C)c1. The Hall–Kier alpha value is -2.89. The maximum atomic E-state index is 13.2. The van der Waals surface area contributed by atoms with Gasteiger partial charge in [-0.25, -0.2) is 4.39 Å². The highest BCUT2D eigenvalue weighted by molar-refractivity contribution is 5.87. The van der Waals surface area contributed by atoms with Gasteiger partial charge >= 0.3 is 0 Å². The topological polar surface area (TPSA) is 58.6 Å². The molecule has 0 bridgehead atoms. The second-order valence-electron chi connectivity index (χ2n) is 7.57. The Morgan fingerprint density at radius 2 is 1.79 bits per heavy atom. The monoisotopic (exact) mass is 400 g/mol. The number of ether oxygens (including phenoxy) is 1. The van der Waals surface area contributed by atoms with E-state index >= 15 is 0 Å². The van der Waals surface area contributed by atoms with Crippen molar-refractivity contribution in [2.24, 2.45) is 5.92 Å². The molecule has 1 N–H and O–H groups in total. The van der Waals surface area contributed by atoms with Crippen LogP contribution in [0.25, 0.3) is 0 Å². The third kappa shape index (κ3) is 7.22. The van der Waals surface area contributed by atoms with Gasteiger partial charge in [0.25, 0.3) is 5.91 Å². The van der Waals surface area contributed by atoms with Crippen molar-refractivity contribution in [2.45, 2.75) is 40.3 Å². The van der Waals surface area contributed by atoms with Gasteiger partial charge in [0.1, 0.15) is 17.6 Å². The Labute approximate surface area is 171 Å². The second kappa shape index (κ2) is 10.6. The molecule has 5 nitrogen and oxygen atoms in total. The van der Waals surface area contributed by atoms with Crippen molar-refractivity contribution in [1.82, 2.24) is 10.2 Å². The lowest BCUT2D eigenvalue weighted by Crippen LogP contribution is -2.49. The molecule has 0 radical (unpaired) electrons. The van der Waals surface area contributed by atoms with Crippen LogP contribution in [0, 0.1) is 18.7 Å². The van der Waals surface area contributed by atoms with Crippen molar-refractivity contribution in [3.63, 3.8) is 0 Å².